The van der Waals surface area contributed by atoms with Gasteiger partial charge in [0.25, 0.3) is 0 Å². The Kier molecular flexibility index (Phi) is 3.02. The van der Waals surface area contributed by atoms with E-state index in [1.807, 2.05) is 17.9 Å². The van der Waals surface area contributed by atoms with Gasteiger partial charge in [0.2, 0.25) is 0 Å². The van der Waals surface area contributed by atoms with E-state index in [9.17, 15) is 0 Å². The fourth-order valence-corrected chi connectivity index (χ4v) is 2.80. The van der Waals surface area contributed by atoms with Crippen molar-refractivity contribution in [2.45, 2.75) is 6.42 Å². The molecule has 0 atom stereocenters. The van der Waals surface area contributed by atoms with Crippen LogP contribution in [0.4, 0.5) is 5.69 Å². The van der Waals surface area contributed by atoms with Gasteiger partial charge in [0, 0.05) is 30.2 Å². The number of nitrogens with zero attached hydrogens (tertiary/aromatic N) is 2. The molecule has 2 aromatic heterocycles. The minimum absolute atomic E-state index is 0.932. The Bertz CT molecular complexity index is 654. The second-order valence-electron chi connectivity index (χ2n) is 4.37. The highest BCUT2D eigenvalue weighted by molar-refractivity contribution is 7.17. The van der Waals surface area contributed by atoms with Gasteiger partial charge in [-0.3, -0.25) is 4.68 Å². The summed E-state index contributed by atoms with van der Waals surface area (Å²) in [5.74, 6) is 0. The van der Waals surface area contributed by atoms with Crippen LogP contribution >= 0.6 is 11.3 Å². The van der Waals surface area contributed by atoms with Gasteiger partial charge < -0.3 is 5.32 Å². The zero-order valence-electron chi connectivity index (χ0n) is 10.3. The van der Waals surface area contributed by atoms with E-state index in [-0.39, 0.29) is 0 Å². The van der Waals surface area contributed by atoms with Gasteiger partial charge in [0.15, 0.2) is 0 Å². The van der Waals surface area contributed by atoms with Crippen LogP contribution in [0, 0.1) is 0 Å². The van der Waals surface area contributed by atoms with Crippen LogP contribution in [0.2, 0.25) is 0 Å². The van der Waals surface area contributed by atoms with Crippen molar-refractivity contribution in [2.24, 2.45) is 7.05 Å². The summed E-state index contributed by atoms with van der Waals surface area (Å²) in [4.78, 5) is 0. The molecule has 0 amide bonds. The molecule has 3 nitrogen and oxygen atoms in total. The summed E-state index contributed by atoms with van der Waals surface area (Å²) in [6, 6.07) is 8.68. The minimum atomic E-state index is 0.932. The molecule has 1 aromatic carbocycles. The number of hydrogen-bond donors (Lipinski definition) is 1. The van der Waals surface area contributed by atoms with E-state index in [4.69, 9.17) is 0 Å². The second kappa shape index (κ2) is 4.82. The normalized spacial score (nSPS) is 10.9. The smallest absolute Gasteiger partial charge is 0.0522 e. The van der Waals surface area contributed by atoms with E-state index in [0.717, 1.165) is 13.0 Å². The fraction of sp³-hybridized carbons (Fsp3) is 0.214. The Hall–Kier alpha value is -1.81. The van der Waals surface area contributed by atoms with Crippen molar-refractivity contribution in [2.75, 3.05) is 11.9 Å². The first-order chi connectivity index (χ1) is 8.81. The maximum Gasteiger partial charge on any atom is 0.0522 e. The molecular weight excluding hydrogens is 242 g/mol. The van der Waals surface area contributed by atoms with Gasteiger partial charge >= 0.3 is 0 Å². The van der Waals surface area contributed by atoms with Crippen molar-refractivity contribution < 1.29 is 0 Å². The number of hydrogen-bond acceptors (Lipinski definition) is 3. The Morgan fingerprint density at radius 3 is 3.11 bits per heavy atom. The third-order valence-corrected chi connectivity index (χ3v) is 3.85. The van der Waals surface area contributed by atoms with Crippen molar-refractivity contribution in [3.05, 3.63) is 47.6 Å². The van der Waals surface area contributed by atoms with Crippen LogP contribution in [0.1, 0.15) is 5.56 Å². The van der Waals surface area contributed by atoms with Crippen molar-refractivity contribution >= 4 is 27.1 Å². The van der Waals surface area contributed by atoms with E-state index in [1.165, 1.54) is 21.3 Å². The number of aryl methyl sites for hydroxylation is 1. The molecule has 2 heterocycles. The standard InChI is InChI=1S/C14H15N3S/c1-17-10-11(9-16-17)4-6-15-13-2-3-14-12(8-13)5-7-18-14/h2-3,5,7-10,15H,4,6H2,1H3. The number of anilines is 1. The van der Waals surface area contributed by atoms with Gasteiger partial charge in [-0.25, -0.2) is 0 Å². The molecule has 0 bridgehead atoms. The van der Waals surface area contributed by atoms with E-state index in [0.29, 0.717) is 0 Å². The summed E-state index contributed by atoms with van der Waals surface area (Å²) in [5, 5.41) is 11.1. The van der Waals surface area contributed by atoms with Crippen LogP contribution < -0.4 is 5.32 Å². The van der Waals surface area contributed by atoms with E-state index < -0.39 is 0 Å². The van der Waals surface area contributed by atoms with Gasteiger partial charge in [-0.1, -0.05) is 0 Å². The Morgan fingerprint density at radius 1 is 1.33 bits per heavy atom. The van der Waals surface area contributed by atoms with Gasteiger partial charge in [-0.05, 0) is 47.0 Å². The molecule has 3 rings (SSSR count). The zero-order valence-corrected chi connectivity index (χ0v) is 11.1. The van der Waals surface area contributed by atoms with Gasteiger partial charge in [-0.2, -0.15) is 5.10 Å². The fourth-order valence-electron chi connectivity index (χ4n) is 2.03. The first-order valence-corrected chi connectivity index (χ1v) is 6.88. The lowest BCUT2D eigenvalue weighted by Crippen LogP contribution is -2.04. The number of nitrogens with one attached hydrogen (secondary N) is 1. The maximum atomic E-state index is 4.17. The largest absolute Gasteiger partial charge is 0.385 e. The zero-order chi connectivity index (χ0) is 12.4. The summed E-state index contributed by atoms with van der Waals surface area (Å²) in [7, 11) is 1.95. The summed E-state index contributed by atoms with van der Waals surface area (Å²) in [6.45, 7) is 0.932. The minimum Gasteiger partial charge on any atom is -0.385 e. The summed E-state index contributed by atoms with van der Waals surface area (Å²) in [5.41, 5.74) is 2.45. The van der Waals surface area contributed by atoms with Crippen LogP contribution in [-0.4, -0.2) is 16.3 Å². The van der Waals surface area contributed by atoms with Crippen LogP contribution in [0.25, 0.3) is 10.1 Å². The Morgan fingerprint density at radius 2 is 2.28 bits per heavy atom. The third kappa shape index (κ3) is 2.38. The van der Waals surface area contributed by atoms with Crippen LogP contribution in [-0.2, 0) is 13.5 Å². The number of fused-ring (bicyclic) bond motifs is 1. The molecule has 18 heavy (non-hydrogen) atoms. The van der Waals surface area contributed by atoms with Crippen molar-refractivity contribution in [1.29, 1.82) is 0 Å². The summed E-state index contributed by atoms with van der Waals surface area (Å²) in [6.07, 6.45) is 4.98. The monoisotopic (exact) mass is 257 g/mol. The third-order valence-electron chi connectivity index (χ3n) is 2.95. The van der Waals surface area contributed by atoms with Crippen molar-refractivity contribution in [3.63, 3.8) is 0 Å². The molecule has 0 saturated carbocycles. The highest BCUT2D eigenvalue weighted by atomic mass is 32.1. The molecule has 0 aliphatic heterocycles. The lowest BCUT2D eigenvalue weighted by atomic mass is 10.2. The molecule has 92 valence electrons. The molecule has 0 aliphatic rings. The van der Waals surface area contributed by atoms with Crippen molar-refractivity contribution in [1.82, 2.24) is 9.78 Å². The van der Waals surface area contributed by atoms with Crippen molar-refractivity contribution in [3.8, 4) is 0 Å². The number of aromatic nitrogens is 2. The predicted octanol–water partition coefficient (Wildman–Crippen LogP) is 3.29. The van der Waals surface area contributed by atoms with Gasteiger partial charge in [0.05, 0.1) is 6.20 Å². The van der Waals surface area contributed by atoms with Crippen LogP contribution in [0.3, 0.4) is 0 Å². The highest BCUT2D eigenvalue weighted by Crippen LogP contribution is 2.23. The molecule has 0 fully saturated rings. The maximum absolute atomic E-state index is 4.17. The number of thiophene rings is 1. The van der Waals surface area contributed by atoms with Gasteiger partial charge in [-0.15, -0.1) is 11.3 Å². The average molecular weight is 257 g/mol. The summed E-state index contributed by atoms with van der Waals surface area (Å²) >= 11 is 1.78. The number of rotatable bonds is 4. The molecule has 0 saturated heterocycles. The first kappa shape index (κ1) is 11.3. The molecular formula is C14H15N3S. The number of benzene rings is 1. The lowest BCUT2D eigenvalue weighted by molar-refractivity contribution is 0.767. The predicted molar refractivity (Wildman–Crippen MR) is 77.2 cm³/mol. The molecule has 1 N–H and O–H groups in total. The lowest BCUT2D eigenvalue weighted by Gasteiger charge is -2.05. The first-order valence-electron chi connectivity index (χ1n) is 6.00. The topological polar surface area (TPSA) is 29.9 Å². The molecule has 0 radical (unpaired) electrons. The van der Waals surface area contributed by atoms with Gasteiger partial charge in [0.1, 0.15) is 0 Å². The second-order valence-corrected chi connectivity index (χ2v) is 5.32. The molecule has 0 spiro atoms. The van der Waals surface area contributed by atoms with Crippen LogP contribution in [0.5, 0.6) is 0 Å². The molecule has 4 heteroatoms. The highest BCUT2D eigenvalue weighted by Gasteiger charge is 1.99. The summed E-state index contributed by atoms with van der Waals surface area (Å²) < 4.78 is 3.18. The van der Waals surface area contributed by atoms with E-state index in [2.05, 4.69) is 46.3 Å². The quantitative estimate of drug-likeness (QED) is 0.777. The van der Waals surface area contributed by atoms with Crippen LogP contribution in [0.15, 0.2) is 42.0 Å². The molecule has 0 unspecified atom stereocenters. The molecule has 3 aromatic rings. The molecule has 0 aliphatic carbocycles. The SMILES string of the molecule is Cn1cc(CCNc2ccc3sccc3c2)cn1. The Labute approximate surface area is 110 Å². The van der Waals surface area contributed by atoms with E-state index >= 15 is 0 Å². The van der Waals surface area contributed by atoms with E-state index in [1.54, 1.807) is 11.3 Å². The average Bonchev–Trinajstić information content (AvgIpc) is 2.97. The Balaban J connectivity index is 1.62.